The van der Waals surface area contributed by atoms with Gasteiger partial charge in [-0.1, -0.05) is 13.0 Å². The van der Waals surface area contributed by atoms with Crippen LogP contribution in [0.15, 0.2) is 23.7 Å². The molecule has 0 atom stereocenters. The van der Waals surface area contributed by atoms with Gasteiger partial charge < -0.3 is 10.6 Å². The van der Waals surface area contributed by atoms with E-state index >= 15 is 0 Å². The fraction of sp³-hybridized carbons (Fsp3) is 0.385. The Labute approximate surface area is 116 Å². The summed E-state index contributed by atoms with van der Waals surface area (Å²) in [6.07, 6.45) is 3.03. The molecule has 2 heterocycles. The predicted molar refractivity (Wildman–Crippen MR) is 77.3 cm³/mol. The Morgan fingerprint density at radius 3 is 2.95 bits per heavy atom. The zero-order valence-corrected chi connectivity index (χ0v) is 11.6. The highest BCUT2D eigenvalue weighted by atomic mass is 32.1. The second-order valence-corrected chi connectivity index (χ2v) is 5.11. The maximum atomic E-state index is 13.5. The van der Waals surface area contributed by atoms with E-state index in [0.717, 1.165) is 19.4 Å². The first kappa shape index (κ1) is 13.7. The molecule has 0 aromatic carbocycles. The summed E-state index contributed by atoms with van der Waals surface area (Å²) in [5, 5.41) is 8.08. The van der Waals surface area contributed by atoms with E-state index in [-0.39, 0.29) is 5.82 Å². The van der Waals surface area contributed by atoms with Crippen LogP contribution in [0, 0.1) is 5.82 Å². The van der Waals surface area contributed by atoms with Crippen LogP contribution in [0.3, 0.4) is 0 Å². The van der Waals surface area contributed by atoms with Crippen LogP contribution in [0.1, 0.15) is 18.2 Å². The minimum atomic E-state index is -0.423. The van der Waals surface area contributed by atoms with E-state index in [9.17, 15) is 4.39 Å². The number of rotatable bonds is 7. The lowest BCUT2D eigenvalue weighted by atomic mass is 10.3. The summed E-state index contributed by atoms with van der Waals surface area (Å²) in [5.74, 6) is 0.292. The molecule has 0 fully saturated rings. The summed E-state index contributed by atoms with van der Waals surface area (Å²) in [6.45, 7) is 3.48. The molecule has 0 saturated carbocycles. The maximum Gasteiger partial charge on any atom is 0.224 e. The fourth-order valence-corrected chi connectivity index (χ4v) is 2.28. The Morgan fingerprint density at radius 1 is 1.32 bits per heavy atom. The predicted octanol–water partition coefficient (Wildman–Crippen LogP) is 3.15. The van der Waals surface area contributed by atoms with Crippen LogP contribution in [0.25, 0.3) is 0 Å². The van der Waals surface area contributed by atoms with Gasteiger partial charge in [0.1, 0.15) is 0 Å². The zero-order valence-electron chi connectivity index (χ0n) is 10.8. The summed E-state index contributed by atoms with van der Waals surface area (Å²) >= 11 is 1.70. The van der Waals surface area contributed by atoms with Gasteiger partial charge >= 0.3 is 0 Å². The van der Waals surface area contributed by atoms with Crippen molar-refractivity contribution in [3.8, 4) is 0 Å². The van der Waals surface area contributed by atoms with Crippen molar-refractivity contribution in [2.45, 2.75) is 19.8 Å². The lowest BCUT2D eigenvalue weighted by Crippen LogP contribution is -2.11. The van der Waals surface area contributed by atoms with Crippen LogP contribution >= 0.6 is 11.3 Å². The number of nitrogens with one attached hydrogen (secondary N) is 2. The van der Waals surface area contributed by atoms with Crippen LogP contribution in [-0.2, 0) is 6.42 Å². The van der Waals surface area contributed by atoms with Crippen LogP contribution < -0.4 is 10.6 Å². The monoisotopic (exact) mass is 280 g/mol. The lowest BCUT2D eigenvalue weighted by molar-refractivity contribution is 0.617. The molecule has 2 rings (SSSR count). The fourth-order valence-electron chi connectivity index (χ4n) is 1.57. The molecule has 0 aliphatic rings. The quantitative estimate of drug-likeness (QED) is 0.818. The molecule has 102 valence electrons. The minimum absolute atomic E-state index is 0.255. The van der Waals surface area contributed by atoms with Gasteiger partial charge in [-0.25, -0.2) is 9.37 Å². The Kier molecular flexibility index (Phi) is 5.09. The molecule has 0 spiro atoms. The van der Waals surface area contributed by atoms with E-state index in [0.29, 0.717) is 12.5 Å². The van der Waals surface area contributed by atoms with E-state index in [2.05, 4.69) is 33.6 Å². The van der Waals surface area contributed by atoms with Crippen molar-refractivity contribution < 1.29 is 4.39 Å². The molecule has 0 amide bonds. The molecule has 0 unspecified atom stereocenters. The molecule has 2 N–H and O–H groups in total. The van der Waals surface area contributed by atoms with Gasteiger partial charge in [0.25, 0.3) is 0 Å². The van der Waals surface area contributed by atoms with E-state index in [1.165, 1.54) is 11.1 Å². The number of aromatic nitrogens is 2. The SMILES string of the molecule is CCCNc1ncc(F)c(NCCc2cccs2)n1. The summed E-state index contributed by atoms with van der Waals surface area (Å²) in [6, 6.07) is 4.08. The molecular formula is C13H17FN4S. The number of anilines is 2. The number of halogens is 1. The normalized spacial score (nSPS) is 10.4. The number of thiophene rings is 1. The average molecular weight is 280 g/mol. The highest BCUT2D eigenvalue weighted by Crippen LogP contribution is 2.13. The Balaban J connectivity index is 1.90. The van der Waals surface area contributed by atoms with Gasteiger partial charge in [0.2, 0.25) is 5.95 Å². The third-order valence-electron chi connectivity index (χ3n) is 2.52. The van der Waals surface area contributed by atoms with Gasteiger partial charge in [-0.15, -0.1) is 11.3 Å². The van der Waals surface area contributed by atoms with Crippen molar-refractivity contribution >= 4 is 23.1 Å². The van der Waals surface area contributed by atoms with Crippen molar-refractivity contribution in [2.24, 2.45) is 0 Å². The van der Waals surface area contributed by atoms with Crippen LogP contribution in [0.2, 0.25) is 0 Å². The first-order chi connectivity index (χ1) is 9.29. The van der Waals surface area contributed by atoms with Crippen molar-refractivity contribution in [2.75, 3.05) is 23.7 Å². The van der Waals surface area contributed by atoms with Crippen molar-refractivity contribution in [1.29, 1.82) is 0 Å². The molecule has 19 heavy (non-hydrogen) atoms. The van der Waals surface area contributed by atoms with E-state index in [1.807, 2.05) is 11.4 Å². The Morgan fingerprint density at radius 2 is 2.21 bits per heavy atom. The minimum Gasteiger partial charge on any atom is -0.367 e. The van der Waals surface area contributed by atoms with Gasteiger partial charge in [0, 0.05) is 18.0 Å². The topological polar surface area (TPSA) is 49.8 Å². The summed E-state index contributed by atoms with van der Waals surface area (Å²) in [7, 11) is 0. The number of hydrogen-bond acceptors (Lipinski definition) is 5. The second-order valence-electron chi connectivity index (χ2n) is 4.07. The van der Waals surface area contributed by atoms with E-state index in [4.69, 9.17) is 0 Å². The number of hydrogen-bond donors (Lipinski definition) is 2. The summed E-state index contributed by atoms with van der Waals surface area (Å²) < 4.78 is 13.5. The molecule has 2 aromatic rings. The van der Waals surface area contributed by atoms with Gasteiger partial charge in [0.15, 0.2) is 11.6 Å². The third kappa shape index (κ3) is 4.17. The molecule has 0 saturated heterocycles. The largest absolute Gasteiger partial charge is 0.367 e. The summed E-state index contributed by atoms with van der Waals surface area (Å²) in [4.78, 5) is 9.29. The van der Waals surface area contributed by atoms with E-state index in [1.54, 1.807) is 11.3 Å². The lowest BCUT2D eigenvalue weighted by Gasteiger charge is -2.08. The molecule has 6 heteroatoms. The van der Waals surface area contributed by atoms with Gasteiger partial charge in [-0.2, -0.15) is 4.98 Å². The molecule has 2 aromatic heterocycles. The maximum absolute atomic E-state index is 13.5. The van der Waals surface area contributed by atoms with Crippen LogP contribution in [0.4, 0.5) is 16.2 Å². The van der Waals surface area contributed by atoms with Gasteiger partial charge in [0.05, 0.1) is 6.20 Å². The van der Waals surface area contributed by atoms with E-state index < -0.39 is 5.82 Å². The van der Waals surface area contributed by atoms with Gasteiger partial charge in [-0.05, 0) is 24.3 Å². The molecule has 4 nitrogen and oxygen atoms in total. The molecule has 0 radical (unpaired) electrons. The summed E-state index contributed by atoms with van der Waals surface area (Å²) in [5.41, 5.74) is 0. The zero-order chi connectivity index (χ0) is 13.5. The second kappa shape index (κ2) is 7.04. The first-order valence-corrected chi connectivity index (χ1v) is 7.20. The molecule has 0 bridgehead atoms. The Bertz CT molecular complexity index is 501. The van der Waals surface area contributed by atoms with Crippen molar-refractivity contribution in [3.05, 3.63) is 34.4 Å². The van der Waals surface area contributed by atoms with Gasteiger partial charge in [-0.3, -0.25) is 0 Å². The van der Waals surface area contributed by atoms with Crippen LogP contribution in [0.5, 0.6) is 0 Å². The molecule has 0 aliphatic carbocycles. The smallest absolute Gasteiger partial charge is 0.224 e. The van der Waals surface area contributed by atoms with Crippen molar-refractivity contribution in [1.82, 2.24) is 9.97 Å². The molecular weight excluding hydrogens is 263 g/mol. The highest BCUT2D eigenvalue weighted by molar-refractivity contribution is 7.09. The standard InChI is InChI=1S/C13H17FN4S/c1-2-6-16-13-17-9-11(14)12(18-13)15-7-5-10-4-3-8-19-10/h3-4,8-9H,2,5-7H2,1H3,(H2,15,16,17,18). The van der Waals surface area contributed by atoms with Crippen LogP contribution in [-0.4, -0.2) is 23.1 Å². The number of nitrogens with zero attached hydrogens (tertiary/aromatic N) is 2. The average Bonchev–Trinajstić information content (AvgIpc) is 2.92. The Hall–Kier alpha value is -1.69. The third-order valence-corrected chi connectivity index (χ3v) is 3.46. The highest BCUT2D eigenvalue weighted by Gasteiger charge is 2.06. The van der Waals surface area contributed by atoms with Crippen molar-refractivity contribution in [3.63, 3.8) is 0 Å². The first-order valence-electron chi connectivity index (χ1n) is 6.32. The molecule has 0 aliphatic heterocycles.